The molecule has 0 radical (unpaired) electrons. The van der Waals surface area contributed by atoms with Crippen molar-refractivity contribution in [2.24, 2.45) is 5.92 Å². The first kappa shape index (κ1) is 15.9. The number of quaternary nitrogens is 1. The largest absolute Gasteiger partial charge is 0.521 e. The molecule has 1 N–H and O–H groups in total. The summed E-state index contributed by atoms with van der Waals surface area (Å²) in [6.07, 6.45) is 0.425. The normalized spacial score (nSPS) is 26.5. The van der Waals surface area contributed by atoms with Crippen LogP contribution in [0.15, 0.2) is 17.5 Å². The van der Waals surface area contributed by atoms with E-state index in [2.05, 4.69) is 0 Å². The first-order valence-electron chi connectivity index (χ1n) is 7.12. The first-order chi connectivity index (χ1) is 9.89. The maximum Gasteiger partial charge on any atom is 0.521 e. The van der Waals surface area contributed by atoms with Gasteiger partial charge in [0.1, 0.15) is 6.04 Å². The van der Waals surface area contributed by atoms with Crippen molar-refractivity contribution in [3.05, 3.63) is 22.4 Å². The highest BCUT2D eigenvalue weighted by atomic mass is 32.1. The van der Waals surface area contributed by atoms with Crippen LogP contribution in [-0.4, -0.2) is 40.0 Å². The van der Waals surface area contributed by atoms with E-state index in [9.17, 15) is 19.5 Å². The topological polar surface area (TPSA) is 71.4 Å². The number of carbonyl (C=O) groups is 3. The number of rotatable bonds is 4. The quantitative estimate of drug-likeness (QED) is 0.685. The Balaban J connectivity index is 2.14. The van der Waals surface area contributed by atoms with Crippen molar-refractivity contribution in [3.8, 4) is 0 Å². The van der Waals surface area contributed by atoms with E-state index in [4.69, 9.17) is 0 Å². The summed E-state index contributed by atoms with van der Waals surface area (Å²) in [6, 6.07) is 3.29. The fourth-order valence-corrected chi connectivity index (χ4v) is 3.75. The summed E-state index contributed by atoms with van der Waals surface area (Å²) in [5, 5.41) is 11.4. The summed E-state index contributed by atoms with van der Waals surface area (Å²) < 4.78 is -0.529. The van der Waals surface area contributed by atoms with Crippen molar-refractivity contribution in [3.63, 3.8) is 0 Å². The molecule has 2 heterocycles. The molecule has 1 saturated heterocycles. The standard InChI is InChI=1S/C15H19NO4S/c1-10(9-12(17)13-6-4-8-21-13)14(18)16(15(19)20)7-3-5-11(16)2/h4,6,8,10-11H,3,5,7,9H2,1-2H3/p+1/t10?,11-,16?/m1/s1. The predicted molar refractivity (Wildman–Crippen MR) is 79.3 cm³/mol. The van der Waals surface area contributed by atoms with Crippen molar-refractivity contribution in [2.45, 2.75) is 39.2 Å². The molecule has 1 aromatic rings. The summed E-state index contributed by atoms with van der Waals surface area (Å²) in [5.41, 5.74) is 0. The van der Waals surface area contributed by atoms with E-state index in [0.29, 0.717) is 11.4 Å². The average Bonchev–Trinajstić information content (AvgIpc) is 3.07. The number of Topliss-reactive ketones (excluding diaryl/α,β-unsaturated/α-hetero) is 1. The second kappa shape index (κ2) is 6.07. The van der Waals surface area contributed by atoms with Gasteiger partial charge in [0.2, 0.25) is 0 Å². The number of nitrogens with zero attached hydrogens (tertiary/aromatic N) is 1. The Hall–Kier alpha value is -1.53. The number of carboxylic acid groups (broad SMARTS) is 1. The van der Waals surface area contributed by atoms with Crippen LogP contribution in [0.3, 0.4) is 0 Å². The minimum Gasteiger partial charge on any atom is -0.435 e. The van der Waals surface area contributed by atoms with Crippen LogP contribution in [0.4, 0.5) is 4.79 Å². The van der Waals surface area contributed by atoms with Crippen LogP contribution in [-0.2, 0) is 4.79 Å². The third-order valence-corrected chi connectivity index (χ3v) is 5.24. The summed E-state index contributed by atoms with van der Waals surface area (Å²) >= 11 is 1.34. The van der Waals surface area contributed by atoms with E-state index in [1.54, 1.807) is 26.0 Å². The molecule has 1 fully saturated rings. The van der Waals surface area contributed by atoms with Crippen LogP contribution in [0.1, 0.15) is 42.8 Å². The number of imide groups is 1. The molecule has 21 heavy (non-hydrogen) atoms. The van der Waals surface area contributed by atoms with Gasteiger partial charge < -0.3 is 5.11 Å². The second-order valence-electron chi connectivity index (χ2n) is 5.71. The van der Waals surface area contributed by atoms with Crippen molar-refractivity contribution < 1.29 is 24.0 Å². The average molecular weight is 310 g/mol. The highest BCUT2D eigenvalue weighted by Crippen LogP contribution is 2.31. The molecule has 1 aliphatic heterocycles. The van der Waals surface area contributed by atoms with Crippen LogP contribution < -0.4 is 0 Å². The fraction of sp³-hybridized carbons (Fsp3) is 0.533. The minimum absolute atomic E-state index is 0.0688. The first-order valence-corrected chi connectivity index (χ1v) is 8.00. The molecular formula is C15H20NO4S+. The summed E-state index contributed by atoms with van der Waals surface area (Å²) in [5.74, 6) is -1.03. The predicted octanol–water partition coefficient (Wildman–Crippen LogP) is 3.16. The van der Waals surface area contributed by atoms with E-state index in [1.165, 1.54) is 11.3 Å². The van der Waals surface area contributed by atoms with Gasteiger partial charge in [-0.2, -0.15) is 9.28 Å². The molecule has 2 rings (SSSR count). The van der Waals surface area contributed by atoms with Gasteiger partial charge >= 0.3 is 12.0 Å². The monoisotopic (exact) mass is 310 g/mol. The van der Waals surface area contributed by atoms with Gasteiger partial charge in [-0.1, -0.05) is 6.07 Å². The van der Waals surface area contributed by atoms with E-state index >= 15 is 0 Å². The van der Waals surface area contributed by atoms with E-state index < -0.39 is 16.5 Å². The summed E-state index contributed by atoms with van der Waals surface area (Å²) in [7, 11) is 0. The van der Waals surface area contributed by atoms with Crippen LogP contribution in [0.5, 0.6) is 0 Å². The van der Waals surface area contributed by atoms with Gasteiger partial charge in [-0.3, -0.25) is 4.79 Å². The molecule has 0 spiro atoms. The maximum atomic E-state index is 12.7. The number of ketones is 1. The van der Waals surface area contributed by atoms with Gasteiger partial charge in [0.15, 0.2) is 5.78 Å². The number of amides is 2. The number of likely N-dealkylation sites (tertiary alicyclic amines) is 1. The molecule has 6 heteroatoms. The van der Waals surface area contributed by atoms with Gasteiger partial charge in [0, 0.05) is 19.3 Å². The number of hydrogen-bond acceptors (Lipinski definition) is 4. The SMILES string of the molecule is CC(CC(=O)c1cccs1)C(=O)[N+]1(C(=O)O)CCC[C@H]1C. The molecule has 0 aromatic carbocycles. The van der Waals surface area contributed by atoms with Crippen LogP contribution in [0.2, 0.25) is 0 Å². The third-order valence-electron chi connectivity index (χ3n) is 4.33. The van der Waals surface area contributed by atoms with Gasteiger partial charge in [0.05, 0.1) is 17.3 Å². The lowest BCUT2D eigenvalue weighted by molar-refractivity contribution is -0.794. The van der Waals surface area contributed by atoms with Gasteiger partial charge in [0.25, 0.3) is 0 Å². The van der Waals surface area contributed by atoms with E-state index in [1.807, 2.05) is 5.38 Å². The molecular weight excluding hydrogens is 290 g/mol. The lowest BCUT2D eigenvalue weighted by Gasteiger charge is -2.31. The Morgan fingerprint density at radius 2 is 2.19 bits per heavy atom. The minimum atomic E-state index is -1.10. The summed E-state index contributed by atoms with van der Waals surface area (Å²) in [6.45, 7) is 3.78. The highest BCUT2D eigenvalue weighted by molar-refractivity contribution is 7.12. The lowest BCUT2D eigenvalue weighted by Crippen LogP contribution is -2.60. The Bertz CT molecular complexity index is 554. The smallest absolute Gasteiger partial charge is 0.435 e. The van der Waals surface area contributed by atoms with E-state index in [-0.39, 0.29) is 24.2 Å². The summed E-state index contributed by atoms with van der Waals surface area (Å²) in [4.78, 5) is 37.0. The Morgan fingerprint density at radius 3 is 2.67 bits per heavy atom. The molecule has 3 atom stereocenters. The molecule has 1 aliphatic rings. The van der Waals surface area contributed by atoms with Crippen LogP contribution >= 0.6 is 11.3 Å². The van der Waals surface area contributed by atoms with Crippen molar-refractivity contribution in [1.82, 2.24) is 0 Å². The molecule has 2 unspecified atom stereocenters. The van der Waals surface area contributed by atoms with Crippen molar-refractivity contribution in [2.75, 3.05) is 6.54 Å². The van der Waals surface area contributed by atoms with Gasteiger partial charge in [-0.05, 0) is 25.3 Å². The number of carbonyl (C=O) groups excluding carboxylic acids is 2. The van der Waals surface area contributed by atoms with E-state index in [0.717, 1.165) is 12.8 Å². The Morgan fingerprint density at radius 1 is 1.48 bits per heavy atom. The number of thiophene rings is 1. The maximum absolute atomic E-state index is 12.7. The third kappa shape index (κ3) is 2.78. The Labute approximate surface area is 127 Å². The molecule has 5 nitrogen and oxygen atoms in total. The molecule has 1 aromatic heterocycles. The zero-order chi connectivity index (χ0) is 15.6. The zero-order valence-corrected chi connectivity index (χ0v) is 13.1. The van der Waals surface area contributed by atoms with Crippen LogP contribution in [0, 0.1) is 5.92 Å². The van der Waals surface area contributed by atoms with Gasteiger partial charge in [-0.15, -0.1) is 11.3 Å². The fourth-order valence-electron chi connectivity index (χ4n) is 3.08. The highest BCUT2D eigenvalue weighted by Gasteiger charge is 2.54. The molecule has 0 aliphatic carbocycles. The van der Waals surface area contributed by atoms with Crippen LogP contribution in [0.25, 0.3) is 0 Å². The molecule has 2 amide bonds. The van der Waals surface area contributed by atoms with Crippen molar-refractivity contribution >= 4 is 29.1 Å². The molecule has 114 valence electrons. The molecule has 0 bridgehead atoms. The number of hydrogen-bond donors (Lipinski definition) is 1. The van der Waals surface area contributed by atoms with Gasteiger partial charge in [-0.25, -0.2) is 4.79 Å². The van der Waals surface area contributed by atoms with Crippen molar-refractivity contribution in [1.29, 1.82) is 0 Å². The lowest BCUT2D eigenvalue weighted by atomic mass is 10.0. The Kier molecular flexibility index (Phi) is 4.58. The zero-order valence-electron chi connectivity index (χ0n) is 12.2. The molecule has 0 saturated carbocycles. The second-order valence-corrected chi connectivity index (χ2v) is 6.66.